The second-order valence-electron chi connectivity index (χ2n) is 4.68. The summed E-state index contributed by atoms with van der Waals surface area (Å²) in [5.41, 5.74) is 0.993. The summed E-state index contributed by atoms with van der Waals surface area (Å²) in [5, 5.41) is 11.4. The van der Waals surface area contributed by atoms with E-state index >= 15 is 0 Å². The van der Waals surface area contributed by atoms with Crippen molar-refractivity contribution in [2.75, 3.05) is 0 Å². The minimum Gasteiger partial charge on any atom is -0.478 e. The van der Waals surface area contributed by atoms with Crippen LogP contribution in [0.4, 0.5) is 0 Å². The van der Waals surface area contributed by atoms with E-state index in [1.54, 1.807) is 6.07 Å². The highest BCUT2D eigenvalue weighted by molar-refractivity contribution is 5.95. The van der Waals surface area contributed by atoms with Gasteiger partial charge >= 0.3 is 5.97 Å². The van der Waals surface area contributed by atoms with Crippen LogP contribution in [0, 0.1) is 5.92 Å². The van der Waals surface area contributed by atoms with Gasteiger partial charge in [0, 0.05) is 24.5 Å². The second kappa shape index (κ2) is 6.68. The third-order valence-electron chi connectivity index (χ3n) is 2.80. The molecule has 0 spiro atoms. The van der Waals surface area contributed by atoms with E-state index in [2.05, 4.69) is 10.3 Å². The molecule has 19 heavy (non-hydrogen) atoms. The zero-order valence-corrected chi connectivity index (χ0v) is 11.3. The molecule has 0 saturated carbocycles. The summed E-state index contributed by atoms with van der Waals surface area (Å²) >= 11 is 0. The fourth-order valence-electron chi connectivity index (χ4n) is 1.30. The van der Waals surface area contributed by atoms with Crippen LogP contribution in [-0.2, 0) is 4.79 Å². The molecule has 0 bridgehead atoms. The van der Waals surface area contributed by atoms with Crippen LogP contribution in [0.25, 0.3) is 6.08 Å². The first-order valence-corrected chi connectivity index (χ1v) is 6.07. The summed E-state index contributed by atoms with van der Waals surface area (Å²) in [4.78, 5) is 26.3. The smallest absolute Gasteiger partial charge is 0.328 e. The first kappa shape index (κ1) is 14.9. The van der Waals surface area contributed by atoms with Crippen LogP contribution in [0.2, 0.25) is 0 Å². The second-order valence-corrected chi connectivity index (χ2v) is 4.68. The average molecular weight is 262 g/mol. The molecular weight excluding hydrogens is 244 g/mol. The first-order valence-electron chi connectivity index (χ1n) is 6.07. The molecule has 1 amide bonds. The van der Waals surface area contributed by atoms with E-state index in [0.717, 1.165) is 6.08 Å². The van der Waals surface area contributed by atoms with Crippen molar-refractivity contribution in [2.24, 2.45) is 5.92 Å². The number of carbonyl (C=O) groups excluding carboxylic acids is 1. The van der Waals surface area contributed by atoms with Gasteiger partial charge in [0.1, 0.15) is 0 Å². The van der Waals surface area contributed by atoms with Crippen LogP contribution in [0.5, 0.6) is 0 Å². The van der Waals surface area contributed by atoms with Gasteiger partial charge in [-0.15, -0.1) is 0 Å². The van der Waals surface area contributed by atoms with Crippen molar-refractivity contribution in [3.63, 3.8) is 0 Å². The van der Waals surface area contributed by atoms with E-state index in [9.17, 15) is 9.59 Å². The molecule has 0 fully saturated rings. The number of amides is 1. The van der Waals surface area contributed by atoms with Gasteiger partial charge < -0.3 is 10.4 Å². The number of hydrogen-bond acceptors (Lipinski definition) is 3. The molecule has 1 unspecified atom stereocenters. The minimum atomic E-state index is -1.04. The van der Waals surface area contributed by atoms with E-state index in [1.807, 2.05) is 20.8 Å². The number of aliphatic carboxylic acids is 1. The normalized spacial score (nSPS) is 12.6. The topological polar surface area (TPSA) is 79.3 Å². The van der Waals surface area contributed by atoms with Gasteiger partial charge in [0.25, 0.3) is 5.91 Å². The van der Waals surface area contributed by atoms with Crippen molar-refractivity contribution >= 4 is 18.0 Å². The number of nitrogens with one attached hydrogen (secondary N) is 1. The van der Waals surface area contributed by atoms with Crippen molar-refractivity contribution in [1.29, 1.82) is 0 Å². The molecule has 5 nitrogen and oxygen atoms in total. The van der Waals surface area contributed by atoms with Crippen LogP contribution in [-0.4, -0.2) is 28.0 Å². The quantitative estimate of drug-likeness (QED) is 0.795. The van der Waals surface area contributed by atoms with Gasteiger partial charge in [0.2, 0.25) is 0 Å². The zero-order valence-electron chi connectivity index (χ0n) is 11.3. The summed E-state index contributed by atoms with van der Waals surface area (Å²) in [6, 6.07) is 1.67. The Balaban J connectivity index is 2.81. The maximum atomic E-state index is 12.0. The molecule has 0 aliphatic heterocycles. The zero-order chi connectivity index (χ0) is 14.4. The van der Waals surface area contributed by atoms with Crippen molar-refractivity contribution in [2.45, 2.75) is 26.8 Å². The lowest BCUT2D eigenvalue weighted by Crippen LogP contribution is -2.36. The summed E-state index contributed by atoms with van der Waals surface area (Å²) in [6.07, 6.45) is 5.37. The molecule has 5 heteroatoms. The Bertz CT molecular complexity index is 495. The van der Waals surface area contributed by atoms with E-state index in [4.69, 9.17) is 5.11 Å². The lowest BCUT2D eigenvalue weighted by molar-refractivity contribution is -0.131. The molecule has 1 aromatic heterocycles. The number of carboxylic acids is 1. The Morgan fingerprint density at radius 1 is 1.32 bits per heavy atom. The largest absolute Gasteiger partial charge is 0.478 e. The minimum absolute atomic E-state index is 0.0608. The number of pyridine rings is 1. The Hall–Kier alpha value is -2.17. The number of nitrogens with zero attached hydrogens (tertiary/aromatic N) is 1. The van der Waals surface area contributed by atoms with E-state index < -0.39 is 5.97 Å². The number of carboxylic acid groups (broad SMARTS) is 1. The first-order chi connectivity index (χ1) is 8.90. The molecule has 1 aromatic rings. The van der Waals surface area contributed by atoms with Crippen molar-refractivity contribution in [3.8, 4) is 0 Å². The Morgan fingerprint density at radius 2 is 2.00 bits per heavy atom. The van der Waals surface area contributed by atoms with E-state index in [0.29, 0.717) is 17.0 Å². The SMILES string of the molecule is CC(C)C(C)NC(=O)c1cncc(C=CC(=O)O)c1. The highest BCUT2D eigenvalue weighted by Crippen LogP contribution is 2.07. The van der Waals surface area contributed by atoms with Gasteiger partial charge in [-0.1, -0.05) is 13.8 Å². The molecule has 0 aliphatic rings. The van der Waals surface area contributed by atoms with Crippen molar-refractivity contribution in [1.82, 2.24) is 10.3 Å². The van der Waals surface area contributed by atoms with Gasteiger partial charge in [-0.3, -0.25) is 9.78 Å². The number of aromatic nitrogens is 1. The van der Waals surface area contributed by atoms with Crippen LogP contribution in [0.3, 0.4) is 0 Å². The lowest BCUT2D eigenvalue weighted by atomic mass is 10.1. The Labute approximate surface area is 112 Å². The average Bonchev–Trinajstić information content (AvgIpc) is 2.36. The fourth-order valence-corrected chi connectivity index (χ4v) is 1.30. The monoisotopic (exact) mass is 262 g/mol. The fraction of sp³-hybridized carbons (Fsp3) is 0.357. The molecule has 102 valence electrons. The summed E-state index contributed by atoms with van der Waals surface area (Å²) in [5.74, 6) is -0.908. The standard InChI is InChI=1S/C14H18N2O3/c1-9(2)10(3)16-14(19)12-6-11(7-15-8-12)4-5-13(17)18/h4-10H,1-3H3,(H,16,19)(H,17,18). The number of hydrogen-bond donors (Lipinski definition) is 2. The molecule has 1 heterocycles. The van der Waals surface area contributed by atoms with Crippen LogP contribution < -0.4 is 5.32 Å². The van der Waals surface area contributed by atoms with Gasteiger partial charge in [-0.05, 0) is 30.5 Å². The summed E-state index contributed by atoms with van der Waals surface area (Å²) in [6.45, 7) is 5.98. The van der Waals surface area contributed by atoms with Gasteiger partial charge in [0.15, 0.2) is 0 Å². The molecule has 1 atom stereocenters. The van der Waals surface area contributed by atoms with Gasteiger partial charge in [-0.2, -0.15) is 0 Å². The molecule has 0 aromatic carbocycles. The third-order valence-corrected chi connectivity index (χ3v) is 2.80. The van der Waals surface area contributed by atoms with Crippen LogP contribution in [0.1, 0.15) is 36.7 Å². The predicted octanol–water partition coefficient (Wildman–Crippen LogP) is 1.95. The Kier molecular flexibility index (Phi) is 5.23. The predicted molar refractivity (Wildman–Crippen MR) is 72.7 cm³/mol. The molecule has 0 aliphatic carbocycles. The lowest BCUT2D eigenvalue weighted by Gasteiger charge is -2.17. The van der Waals surface area contributed by atoms with Gasteiger partial charge in [-0.25, -0.2) is 4.79 Å². The summed E-state index contributed by atoms with van der Waals surface area (Å²) in [7, 11) is 0. The molecule has 0 saturated heterocycles. The number of carbonyl (C=O) groups is 2. The van der Waals surface area contributed by atoms with Crippen molar-refractivity contribution < 1.29 is 14.7 Å². The molecule has 0 radical (unpaired) electrons. The molecule has 1 rings (SSSR count). The maximum absolute atomic E-state index is 12.0. The van der Waals surface area contributed by atoms with Gasteiger partial charge in [0.05, 0.1) is 5.56 Å². The number of rotatable bonds is 5. The van der Waals surface area contributed by atoms with Crippen molar-refractivity contribution in [3.05, 3.63) is 35.7 Å². The molecular formula is C14H18N2O3. The summed E-state index contributed by atoms with van der Waals surface area (Å²) < 4.78 is 0. The van der Waals surface area contributed by atoms with Crippen LogP contribution >= 0.6 is 0 Å². The molecule has 2 N–H and O–H groups in total. The Morgan fingerprint density at radius 3 is 2.58 bits per heavy atom. The highest BCUT2D eigenvalue weighted by Gasteiger charge is 2.12. The maximum Gasteiger partial charge on any atom is 0.328 e. The highest BCUT2D eigenvalue weighted by atomic mass is 16.4. The van der Waals surface area contributed by atoms with E-state index in [1.165, 1.54) is 18.5 Å². The van der Waals surface area contributed by atoms with E-state index in [-0.39, 0.29) is 11.9 Å². The van der Waals surface area contributed by atoms with Crippen LogP contribution in [0.15, 0.2) is 24.5 Å². The third kappa shape index (κ3) is 4.91.